The van der Waals surface area contributed by atoms with Crippen molar-refractivity contribution in [3.05, 3.63) is 58.5 Å². The molecule has 3 N–H and O–H groups in total. The van der Waals surface area contributed by atoms with E-state index in [1.54, 1.807) is 12.1 Å². The molecule has 0 bridgehead atoms. The molecule has 1 aromatic carbocycles. The Hall–Kier alpha value is -3.20. The topological polar surface area (TPSA) is 135 Å². The van der Waals surface area contributed by atoms with E-state index in [0.29, 0.717) is 5.76 Å². The highest BCUT2D eigenvalue weighted by Gasteiger charge is 2.26. The lowest BCUT2D eigenvalue weighted by Crippen LogP contribution is -2.45. The van der Waals surface area contributed by atoms with E-state index in [-0.39, 0.29) is 24.3 Å². The average molecular weight is 347 g/mol. The molecule has 0 fully saturated rings. The van der Waals surface area contributed by atoms with Crippen LogP contribution in [0.1, 0.15) is 12.7 Å². The van der Waals surface area contributed by atoms with Crippen LogP contribution in [0.25, 0.3) is 0 Å². The van der Waals surface area contributed by atoms with Crippen molar-refractivity contribution in [2.45, 2.75) is 18.9 Å². The zero-order valence-electron chi connectivity index (χ0n) is 13.4. The SMILES string of the molecule is CC(O)(CNC(=O)C(=O)Nc1ccccc1[N+](=O)[O-])Cc1ccco1. The van der Waals surface area contributed by atoms with E-state index in [2.05, 4.69) is 10.6 Å². The summed E-state index contributed by atoms with van der Waals surface area (Å²) in [5.74, 6) is -1.55. The second-order valence-corrected chi connectivity index (χ2v) is 5.66. The maximum atomic E-state index is 11.9. The van der Waals surface area contributed by atoms with Crippen molar-refractivity contribution in [1.29, 1.82) is 0 Å². The van der Waals surface area contributed by atoms with Crippen molar-refractivity contribution in [3.8, 4) is 0 Å². The zero-order valence-corrected chi connectivity index (χ0v) is 13.4. The van der Waals surface area contributed by atoms with Crippen molar-refractivity contribution in [3.63, 3.8) is 0 Å². The van der Waals surface area contributed by atoms with Gasteiger partial charge in [0.05, 0.1) is 16.8 Å². The second-order valence-electron chi connectivity index (χ2n) is 5.66. The lowest BCUT2D eigenvalue weighted by Gasteiger charge is -2.22. The Labute approximate surface area is 142 Å². The zero-order chi connectivity index (χ0) is 18.4. The molecule has 9 nitrogen and oxygen atoms in total. The van der Waals surface area contributed by atoms with Gasteiger partial charge in [0.25, 0.3) is 5.69 Å². The van der Waals surface area contributed by atoms with Crippen LogP contribution in [-0.4, -0.2) is 34.0 Å². The minimum Gasteiger partial charge on any atom is -0.469 e. The van der Waals surface area contributed by atoms with E-state index >= 15 is 0 Å². The van der Waals surface area contributed by atoms with Crippen LogP contribution in [0.3, 0.4) is 0 Å². The second kappa shape index (κ2) is 7.58. The van der Waals surface area contributed by atoms with Gasteiger partial charge in [-0.1, -0.05) is 12.1 Å². The van der Waals surface area contributed by atoms with Crippen LogP contribution in [0.15, 0.2) is 47.1 Å². The lowest BCUT2D eigenvalue weighted by molar-refractivity contribution is -0.383. The molecule has 25 heavy (non-hydrogen) atoms. The standard InChI is InChI=1S/C16H17N3O6/c1-16(22,9-11-5-4-8-25-11)10-17-14(20)15(21)18-12-6-2-3-7-13(12)19(23)24/h2-8,22H,9-10H2,1H3,(H,17,20)(H,18,21). The highest BCUT2D eigenvalue weighted by atomic mass is 16.6. The van der Waals surface area contributed by atoms with Crippen LogP contribution < -0.4 is 10.6 Å². The smallest absolute Gasteiger partial charge is 0.313 e. The van der Waals surface area contributed by atoms with Gasteiger partial charge in [0.15, 0.2) is 0 Å². The summed E-state index contributed by atoms with van der Waals surface area (Å²) in [5, 5.41) is 25.6. The molecule has 1 aromatic heterocycles. The molecule has 1 atom stereocenters. The Kier molecular flexibility index (Phi) is 5.50. The fraction of sp³-hybridized carbons (Fsp3) is 0.250. The third kappa shape index (κ3) is 5.15. The van der Waals surface area contributed by atoms with Crippen LogP contribution in [0.4, 0.5) is 11.4 Å². The lowest BCUT2D eigenvalue weighted by atomic mass is 10.0. The molecule has 1 unspecified atom stereocenters. The van der Waals surface area contributed by atoms with E-state index in [1.807, 2.05) is 0 Å². The van der Waals surface area contributed by atoms with Crippen LogP contribution in [0.5, 0.6) is 0 Å². The number of nitro groups is 1. The number of nitrogens with one attached hydrogen (secondary N) is 2. The van der Waals surface area contributed by atoms with Crippen molar-refractivity contribution >= 4 is 23.2 Å². The van der Waals surface area contributed by atoms with Crippen LogP contribution in [0, 0.1) is 10.1 Å². The summed E-state index contributed by atoms with van der Waals surface area (Å²) in [6.07, 6.45) is 1.61. The van der Waals surface area contributed by atoms with E-state index in [9.17, 15) is 24.8 Å². The van der Waals surface area contributed by atoms with E-state index in [1.165, 1.54) is 37.5 Å². The number of carbonyl (C=O) groups is 2. The third-order valence-corrected chi connectivity index (χ3v) is 3.32. The molecule has 9 heteroatoms. The Balaban J connectivity index is 1.92. The molecule has 0 spiro atoms. The first-order valence-corrected chi connectivity index (χ1v) is 7.36. The summed E-state index contributed by atoms with van der Waals surface area (Å²) < 4.78 is 5.12. The number of hydrogen-bond acceptors (Lipinski definition) is 6. The number of furan rings is 1. The van der Waals surface area contributed by atoms with Crippen LogP contribution in [0.2, 0.25) is 0 Å². The fourth-order valence-corrected chi connectivity index (χ4v) is 2.12. The summed E-state index contributed by atoms with van der Waals surface area (Å²) in [7, 11) is 0. The number of hydrogen-bond donors (Lipinski definition) is 3. The molecular formula is C16H17N3O6. The first-order chi connectivity index (χ1) is 11.8. The summed E-state index contributed by atoms with van der Waals surface area (Å²) in [4.78, 5) is 34.0. The minimum atomic E-state index is -1.33. The van der Waals surface area contributed by atoms with Gasteiger partial charge in [-0.05, 0) is 25.1 Å². The molecule has 132 valence electrons. The summed E-state index contributed by atoms with van der Waals surface area (Å²) in [5.41, 5.74) is -1.74. The molecule has 0 aliphatic carbocycles. The van der Waals surface area contributed by atoms with Gasteiger partial charge in [0, 0.05) is 19.0 Å². The van der Waals surface area contributed by atoms with Gasteiger partial charge in [-0.3, -0.25) is 19.7 Å². The summed E-state index contributed by atoms with van der Waals surface area (Å²) >= 11 is 0. The van der Waals surface area contributed by atoms with Gasteiger partial charge in [0.2, 0.25) is 0 Å². The molecule has 1 heterocycles. The van der Waals surface area contributed by atoms with Gasteiger partial charge in [0.1, 0.15) is 11.4 Å². The number of rotatable bonds is 6. The Morgan fingerprint density at radius 2 is 1.96 bits per heavy atom. The van der Waals surface area contributed by atoms with Gasteiger partial charge in [-0.15, -0.1) is 0 Å². The monoisotopic (exact) mass is 347 g/mol. The van der Waals surface area contributed by atoms with Crippen molar-refractivity contribution < 1.29 is 24.0 Å². The number of aliphatic hydroxyl groups is 1. The normalized spacial score (nSPS) is 12.9. The molecule has 0 aliphatic heterocycles. The van der Waals surface area contributed by atoms with Gasteiger partial charge in [-0.2, -0.15) is 0 Å². The number of nitrogens with zero attached hydrogens (tertiary/aromatic N) is 1. The van der Waals surface area contributed by atoms with Gasteiger partial charge < -0.3 is 20.2 Å². The predicted octanol–water partition coefficient (Wildman–Crippen LogP) is 1.24. The highest BCUT2D eigenvalue weighted by molar-refractivity contribution is 6.39. The van der Waals surface area contributed by atoms with Gasteiger partial charge in [-0.25, -0.2) is 0 Å². The Morgan fingerprint density at radius 3 is 2.60 bits per heavy atom. The number of benzene rings is 1. The highest BCUT2D eigenvalue weighted by Crippen LogP contribution is 2.22. The molecule has 0 radical (unpaired) electrons. The van der Waals surface area contributed by atoms with Crippen molar-refractivity contribution in [2.75, 3.05) is 11.9 Å². The number of carbonyl (C=O) groups excluding carboxylic acids is 2. The third-order valence-electron chi connectivity index (χ3n) is 3.32. The number of anilines is 1. The molecule has 2 amide bonds. The predicted molar refractivity (Wildman–Crippen MR) is 87.8 cm³/mol. The van der Waals surface area contributed by atoms with Crippen molar-refractivity contribution in [2.24, 2.45) is 0 Å². The fourth-order valence-electron chi connectivity index (χ4n) is 2.12. The molecular weight excluding hydrogens is 330 g/mol. The average Bonchev–Trinajstić information content (AvgIpc) is 3.05. The number of amides is 2. The van der Waals surface area contributed by atoms with Crippen LogP contribution >= 0.6 is 0 Å². The summed E-state index contributed by atoms with van der Waals surface area (Å²) in [6, 6.07) is 8.81. The molecule has 2 aromatic rings. The molecule has 0 aliphatic rings. The number of nitro benzene ring substituents is 1. The first-order valence-electron chi connectivity index (χ1n) is 7.36. The van der Waals surface area contributed by atoms with E-state index < -0.39 is 22.3 Å². The van der Waals surface area contributed by atoms with Crippen molar-refractivity contribution in [1.82, 2.24) is 5.32 Å². The molecule has 0 saturated heterocycles. The Morgan fingerprint density at radius 1 is 1.24 bits per heavy atom. The van der Waals surface area contributed by atoms with Gasteiger partial charge >= 0.3 is 11.8 Å². The molecule has 0 saturated carbocycles. The van der Waals surface area contributed by atoms with E-state index in [0.717, 1.165) is 0 Å². The first kappa shape index (κ1) is 18.1. The number of para-hydroxylation sites is 2. The Bertz CT molecular complexity index is 770. The largest absolute Gasteiger partial charge is 0.469 e. The van der Waals surface area contributed by atoms with Crippen LogP contribution in [-0.2, 0) is 16.0 Å². The molecule has 2 rings (SSSR count). The quantitative estimate of drug-likeness (QED) is 0.409. The minimum absolute atomic E-state index is 0.0880. The summed E-state index contributed by atoms with van der Waals surface area (Å²) in [6.45, 7) is 1.28. The maximum Gasteiger partial charge on any atom is 0.313 e. The van der Waals surface area contributed by atoms with E-state index in [4.69, 9.17) is 4.42 Å². The maximum absolute atomic E-state index is 11.9.